The molecule has 1 saturated heterocycles. The quantitative estimate of drug-likeness (QED) is 0.793. The Bertz CT molecular complexity index is 253. The summed E-state index contributed by atoms with van der Waals surface area (Å²) in [5.41, 5.74) is 0. The zero-order valence-electron chi connectivity index (χ0n) is 6.83. The van der Waals surface area contributed by atoms with E-state index in [1.807, 2.05) is 12.5 Å². The number of piperidine rings is 1. The number of aromatic nitrogens is 2. The van der Waals surface area contributed by atoms with Gasteiger partial charge in [-0.15, -0.1) is 0 Å². The molecular weight excluding hydrogens is 218 g/mol. The first-order valence-electron chi connectivity index (χ1n) is 4.26. The summed E-state index contributed by atoms with van der Waals surface area (Å²) in [5, 5.41) is 3.35. The van der Waals surface area contributed by atoms with Gasteiger partial charge >= 0.3 is 0 Å². The summed E-state index contributed by atoms with van der Waals surface area (Å²) in [6.07, 6.45) is 6.16. The lowest BCUT2D eigenvalue weighted by atomic mass is 10.1. The second-order valence-electron chi connectivity index (χ2n) is 3.10. The van der Waals surface area contributed by atoms with Gasteiger partial charge in [-0.2, -0.15) is 0 Å². The van der Waals surface area contributed by atoms with Crippen LogP contribution in [0.3, 0.4) is 0 Å². The van der Waals surface area contributed by atoms with Crippen LogP contribution in [0.4, 0.5) is 0 Å². The molecule has 2 rings (SSSR count). The van der Waals surface area contributed by atoms with Crippen molar-refractivity contribution in [1.82, 2.24) is 14.9 Å². The van der Waals surface area contributed by atoms with Crippen molar-refractivity contribution in [2.75, 3.05) is 13.1 Å². The normalized spacial score (nSPS) is 19.8. The summed E-state index contributed by atoms with van der Waals surface area (Å²) in [5.74, 6) is 0. The molecule has 66 valence electrons. The topological polar surface area (TPSA) is 29.9 Å². The molecule has 0 radical (unpaired) electrons. The van der Waals surface area contributed by atoms with Crippen LogP contribution < -0.4 is 5.32 Å². The minimum Gasteiger partial charge on any atom is -0.322 e. The number of rotatable bonds is 1. The van der Waals surface area contributed by atoms with E-state index >= 15 is 0 Å². The Labute approximate surface area is 80.3 Å². The van der Waals surface area contributed by atoms with E-state index in [2.05, 4.69) is 30.8 Å². The maximum Gasteiger partial charge on any atom is 0.105 e. The highest BCUT2D eigenvalue weighted by Crippen LogP contribution is 2.22. The molecule has 3 nitrogen and oxygen atoms in total. The van der Waals surface area contributed by atoms with Gasteiger partial charge in [-0.05, 0) is 41.9 Å². The van der Waals surface area contributed by atoms with E-state index in [1.54, 1.807) is 0 Å². The van der Waals surface area contributed by atoms with Gasteiger partial charge in [0.2, 0.25) is 0 Å². The molecule has 1 aliphatic rings. The molecule has 0 aromatic carbocycles. The predicted molar refractivity (Wildman–Crippen MR) is 51.1 cm³/mol. The Hall–Kier alpha value is -0.350. The highest BCUT2D eigenvalue weighted by atomic mass is 79.9. The molecule has 4 heteroatoms. The van der Waals surface area contributed by atoms with Crippen LogP contribution in [0.2, 0.25) is 0 Å². The molecule has 0 unspecified atom stereocenters. The maximum atomic E-state index is 4.09. The Balaban J connectivity index is 2.13. The van der Waals surface area contributed by atoms with Crippen molar-refractivity contribution >= 4 is 15.9 Å². The van der Waals surface area contributed by atoms with E-state index in [9.17, 15) is 0 Å². The minimum atomic E-state index is 0.628. The fourth-order valence-electron chi connectivity index (χ4n) is 1.64. The number of nitrogens with zero attached hydrogens (tertiary/aromatic N) is 2. The van der Waals surface area contributed by atoms with E-state index in [1.165, 1.54) is 12.8 Å². The van der Waals surface area contributed by atoms with Gasteiger partial charge in [0.1, 0.15) is 4.60 Å². The zero-order valence-corrected chi connectivity index (χ0v) is 8.42. The van der Waals surface area contributed by atoms with Gasteiger partial charge in [0.15, 0.2) is 0 Å². The van der Waals surface area contributed by atoms with Crippen molar-refractivity contribution in [3.8, 4) is 0 Å². The molecule has 1 aromatic rings. The molecule has 0 saturated carbocycles. The Morgan fingerprint density at radius 1 is 1.50 bits per heavy atom. The Morgan fingerprint density at radius 3 is 2.83 bits per heavy atom. The third-order valence-corrected chi connectivity index (χ3v) is 2.94. The van der Waals surface area contributed by atoms with E-state index < -0.39 is 0 Å². The monoisotopic (exact) mass is 229 g/mol. The lowest BCUT2D eigenvalue weighted by Crippen LogP contribution is -2.29. The van der Waals surface area contributed by atoms with Gasteiger partial charge < -0.3 is 9.88 Å². The highest BCUT2D eigenvalue weighted by molar-refractivity contribution is 9.10. The molecule has 1 aromatic heterocycles. The fraction of sp³-hybridized carbons (Fsp3) is 0.625. The average molecular weight is 230 g/mol. The molecule has 12 heavy (non-hydrogen) atoms. The molecule has 2 heterocycles. The average Bonchev–Trinajstić information content (AvgIpc) is 2.53. The molecule has 0 spiro atoms. The summed E-state index contributed by atoms with van der Waals surface area (Å²) in [7, 11) is 0. The number of halogens is 1. The minimum absolute atomic E-state index is 0.628. The Morgan fingerprint density at radius 2 is 2.25 bits per heavy atom. The number of hydrogen-bond acceptors (Lipinski definition) is 2. The zero-order chi connectivity index (χ0) is 8.39. The van der Waals surface area contributed by atoms with Crippen molar-refractivity contribution in [2.24, 2.45) is 0 Å². The molecule has 0 atom stereocenters. The van der Waals surface area contributed by atoms with E-state index in [0.717, 1.165) is 17.7 Å². The number of nitrogens with one attached hydrogen (secondary N) is 1. The lowest BCUT2D eigenvalue weighted by molar-refractivity contribution is 0.364. The van der Waals surface area contributed by atoms with Crippen molar-refractivity contribution in [3.05, 3.63) is 17.1 Å². The molecule has 1 fully saturated rings. The van der Waals surface area contributed by atoms with Crippen LogP contribution in [-0.2, 0) is 0 Å². The SMILES string of the molecule is Brc1cncn1C1CCNCC1. The van der Waals surface area contributed by atoms with Crippen LogP contribution in [0.1, 0.15) is 18.9 Å². The predicted octanol–water partition coefficient (Wildman–Crippen LogP) is 1.57. The van der Waals surface area contributed by atoms with Crippen LogP contribution in [0, 0.1) is 0 Å². The van der Waals surface area contributed by atoms with Gasteiger partial charge in [0, 0.05) is 6.04 Å². The van der Waals surface area contributed by atoms with Crippen molar-refractivity contribution in [3.63, 3.8) is 0 Å². The fourth-order valence-corrected chi connectivity index (χ4v) is 2.14. The Kier molecular flexibility index (Phi) is 2.46. The first-order valence-corrected chi connectivity index (χ1v) is 5.05. The molecule has 0 bridgehead atoms. The molecule has 0 amide bonds. The summed E-state index contributed by atoms with van der Waals surface area (Å²) < 4.78 is 3.30. The van der Waals surface area contributed by atoms with E-state index in [-0.39, 0.29) is 0 Å². The molecule has 1 aliphatic heterocycles. The second kappa shape index (κ2) is 3.58. The second-order valence-corrected chi connectivity index (χ2v) is 3.92. The first kappa shape index (κ1) is 8.26. The van der Waals surface area contributed by atoms with Crippen LogP contribution >= 0.6 is 15.9 Å². The van der Waals surface area contributed by atoms with Crippen LogP contribution in [0.5, 0.6) is 0 Å². The molecule has 0 aliphatic carbocycles. The van der Waals surface area contributed by atoms with Crippen LogP contribution in [0.15, 0.2) is 17.1 Å². The third kappa shape index (κ3) is 1.54. The van der Waals surface area contributed by atoms with E-state index in [0.29, 0.717) is 6.04 Å². The van der Waals surface area contributed by atoms with Gasteiger partial charge in [-0.25, -0.2) is 4.98 Å². The van der Waals surface area contributed by atoms with Gasteiger partial charge in [-0.3, -0.25) is 0 Å². The molecular formula is C8H12BrN3. The maximum absolute atomic E-state index is 4.09. The number of hydrogen-bond donors (Lipinski definition) is 1. The summed E-state index contributed by atoms with van der Waals surface area (Å²) in [4.78, 5) is 4.09. The van der Waals surface area contributed by atoms with Gasteiger partial charge in [-0.1, -0.05) is 0 Å². The van der Waals surface area contributed by atoms with Gasteiger partial charge in [0.05, 0.1) is 12.5 Å². The number of imidazole rings is 1. The summed E-state index contributed by atoms with van der Waals surface area (Å²) in [6, 6.07) is 0.628. The smallest absolute Gasteiger partial charge is 0.105 e. The largest absolute Gasteiger partial charge is 0.322 e. The standard InChI is InChI=1S/C8H12BrN3/c9-8-5-11-6-12(8)7-1-3-10-4-2-7/h5-7,10H,1-4H2. The van der Waals surface area contributed by atoms with Crippen molar-refractivity contribution < 1.29 is 0 Å². The van der Waals surface area contributed by atoms with Crippen molar-refractivity contribution in [1.29, 1.82) is 0 Å². The highest BCUT2D eigenvalue weighted by Gasteiger charge is 2.15. The summed E-state index contributed by atoms with van der Waals surface area (Å²) in [6.45, 7) is 2.24. The van der Waals surface area contributed by atoms with Crippen molar-refractivity contribution in [2.45, 2.75) is 18.9 Å². The molecule has 1 N–H and O–H groups in total. The van der Waals surface area contributed by atoms with Crippen LogP contribution in [0.25, 0.3) is 0 Å². The lowest BCUT2D eigenvalue weighted by Gasteiger charge is -2.24. The first-order chi connectivity index (χ1) is 5.88. The van der Waals surface area contributed by atoms with Crippen LogP contribution in [-0.4, -0.2) is 22.6 Å². The van der Waals surface area contributed by atoms with Gasteiger partial charge in [0.25, 0.3) is 0 Å². The van der Waals surface area contributed by atoms with E-state index in [4.69, 9.17) is 0 Å². The summed E-state index contributed by atoms with van der Waals surface area (Å²) >= 11 is 3.48. The third-order valence-electron chi connectivity index (χ3n) is 2.32.